The van der Waals surface area contributed by atoms with Gasteiger partial charge in [0.25, 0.3) is 0 Å². The Bertz CT molecular complexity index is 341. The fourth-order valence-corrected chi connectivity index (χ4v) is 1.64. The summed E-state index contributed by atoms with van der Waals surface area (Å²) in [7, 11) is 0. The Morgan fingerprint density at radius 2 is 1.88 bits per heavy atom. The van der Waals surface area contributed by atoms with E-state index in [0.717, 1.165) is 24.8 Å². The zero-order valence-electron chi connectivity index (χ0n) is 11.0. The van der Waals surface area contributed by atoms with Crippen LogP contribution in [0.15, 0.2) is 30.3 Å². The van der Waals surface area contributed by atoms with Gasteiger partial charge in [0.1, 0.15) is 6.61 Å². The van der Waals surface area contributed by atoms with Gasteiger partial charge < -0.3 is 4.74 Å². The largest absolute Gasteiger partial charge is 0.460 e. The van der Waals surface area contributed by atoms with Gasteiger partial charge in [-0.1, -0.05) is 50.1 Å². The van der Waals surface area contributed by atoms with Gasteiger partial charge in [0, 0.05) is 0 Å². The molecule has 0 amide bonds. The van der Waals surface area contributed by atoms with Crippen LogP contribution in [0.4, 0.5) is 0 Å². The highest BCUT2D eigenvalue weighted by Crippen LogP contribution is 2.25. The second-order valence-electron chi connectivity index (χ2n) is 5.05. The van der Waals surface area contributed by atoms with Crippen molar-refractivity contribution in [2.24, 2.45) is 5.41 Å². The van der Waals surface area contributed by atoms with Gasteiger partial charge in [-0.25, -0.2) is 0 Å². The Balaban J connectivity index is 2.44. The van der Waals surface area contributed by atoms with Crippen LogP contribution in [0, 0.1) is 5.41 Å². The van der Waals surface area contributed by atoms with Crippen LogP contribution in [-0.2, 0) is 16.1 Å². The van der Waals surface area contributed by atoms with Crippen LogP contribution in [0.25, 0.3) is 0 Å². The minimum Gasteiger partial charge on any atom is -0.460 e. The molecule has 0 N–H and O–H groups in total. The van der Waals surface area contributed by atoms with Gasteiger partial charge in [0.05, 0.1) is 5.41 Å². The molecule has 0 aliphatic heterocycles. The van der Waals surface area contributed by atoms with Crippen molar-refractivity contribution >= 4 is 5.97 Å². The van der Waals surface area contributed by atoms with E-state index in [-0.39, 0.29) is 11.4 Å². The summed E-state index contributed by atoms with van der Waals surface area (Å²) >= 11 is 0. The topological polar surface area (TPSA) is 26.3 Å². The fraction of sp³-hybridized carbons (Fsp3) is 0.533. The van der Waals surface area contributed by atoms with Crippen molar-refractivity contribution in [3.8, 4) is 0 Å². The number of hydrogen-bond acceptors (Lipinski definition) is 2. The molecule has 17 heavy (non-hydrogen) atoms. The number of carbonyl (C=O) groups is 1. The highest BCUT2D eigenvalue weighted by Gasteiger charge is 2.28. The zero-order valence-corrected chi connectivity index (χ0v) is 11.0. The van der Waals surface area contributed by atoms with Gasteiger partial charge in [0.15, 0.2) is 0 Å². The summed E-state index contributed by atoms with van der Waals surface area (Å²) in [4.78, 5) is 11.9. The van der Waals surface area contributed by atoms with E-state index in [1.165, 1.54) is 0 Å². The highest BCUT2D eigenvalue weighted by atomic mass is 16.5. The first-order valence-electron chi connectivity index (χ1n) is 6.27. The summed E-state index contributed by atoms with van der Waals surface area (Å²) in [6.07, 6.45) is 3.06. The molecule has 0 aromatic heterocycles. The van der Waals surface area contributed by atoms with E-state index >= 15 is 0 Å². The lowest BCUT2D eigenvalue weighted by Crippen LogP contribution is -2.26. The molecule has 1 rings (SSSR count). The van der Waals surface area contributed by atoms with Crippen LogP contribution < -0.4 is 0 Å². The van der Waals surface area contributed by atoms with Crippen LogP contribution in [0.1, 0.15) is 45.6 Å². The standard InChI is InChI=1S/C15H22O2/c1-4-5-11-15(2,3)14(16)17-12-13-9-7-6-8-10-13/h6-10H,4-5,11-12H2,1-3H3. The first-order valence-corrected chi connectivity index (χ1v) is 6.27. The summed E-state index contributed by atoms with van der Waals surface area (Å²) in [6, 6.07) is 9.78. The summed E-state index contributed by atoms with van der Waals surface area (Å²) < 4.78 is 5.35. The number of unbranched alkanes of at least 4 members (excludes halogenated alkanes) is 1. The van der Waals surface area contributed by atoms with E-state index in [0.29, 0.717) is 6.61 Å². The molecular formula is C15H22O2. The lowest BCUT2D eigenvalue weighted by atomic mass is 9.87. The number of hydrogen-bond donors (Lipinski definition) is 0. The SMILES string of the molecule is CCCCC(C)(C)C(=O)OCc1ccccc1. The molecule has 0 unspecified atom stereocenters. The smallest absolute Gasteiger partial charge is 0.311 e. The van der Waals surface area contributed by atoms with Crippen LogP contribution in [0.3, 0.4) is 0 Å². The Hall–Kier alpha value is -1.31. The molecule has 0 bridgehead atoms. The Morgan fingerprint density at radius 1 is 1.24 bits per heavy atom. The Labute approximate surface area is 104 Å². The average Bonchev–Trinajstić information content (AvgIpc) is 2.34. The number of rotatable bonds is 6. The number of benzene rings is 1. The third-order valence-electron chi connectivity index (χ3n) is 2.92. The van der Waals surface area contributed by atoms with Gasteiger partial charge in [-0.2, -0.15) is 0 Å². The molecule has 0 aliphatic carbocycles. The first-order chi connectivity index (χ1) is 8.06. The zero-order chi connectivity index (χ0) is 12.7. The maximum atomic E-state index is 11.9. The average molecular weight is 234 g/mol. The summed E-state index contributed by atoms with van der Waals surface area (Å²) in [6.45, 7) is 6.41. The van der Waals surface area contributed by atoms with Crippen LogP contribution in [0.2, 0.25) is 0 Å². The third kappa shape index (κ3) is 4.59. The molecule has 0 spiro atoms. The first kappa shape index (κ1) is 13.8. The van der Waals surface area contributed by atoms with Crippen molar-refractivity contribution in [1.82, 2.24) is 0 Å². The van der Waals surface area contributed by atoms with Crippen molar-refractivity contribution in [3.05, 3.63) is 35.9 Å². The van der Waals surface area contributed by atoms with E-state index in [2.05, 4.69) is 6.92 Å². The normalized spacial score (nSPS) is 11.2. The van der Waals surface area contributed by atoms with E-state index in [9.17, 15) is 4.79 Å². The quantitative estimate of drug-likeness (QED) is 0.697. The van der Waals surface area contributed by atoms with Crippen molar-refractivity contribution in [2.75, 3.05) is 0 Å². The maximum Gasteiger partial charge on any atom is 0.311 e. The van der Waals surface area contributed by atoms with Crippen molar-refractivity contribution in [1.29, 1.82) is 0 Å². The Morgan fingerprint density at radius 3 is 2.47 bits per heavy atom. The van der Waals surface area contributed by atoms with Crippen molar-refractivity contribution < 1.29 is 9.53 Å². The number of ether oxygens (including phenoxy) is 1. The third-order valence-corrected chi connectivity index (χ3v) is 2.92. The molecule has 0 atom stereocenters. The van der Waals surface area contributed by atoms with E-state index < -0.39 is 0 Å². The van der Waals surface area contributed by atoms with E-state index in [4.69, 9.17) is 4.74 Å². The van der Waals surface area contributed by atoms with Gasteiger partial charge in [-0.15, -0.1) is 0 Å². The van der Waals surface area contributed by atoms with Crippen LogP contribution in [0.5, 0.6) is 0 Å². The molecule has 94 valence electrons. The highest BCUT2D eigenvalue weighted by molar-refractivity contribution is 5.75. The summed E-state index contributed by atoms with van der Waals surface area (Å²) in [5.74, 6) is -0.102. The summed E-state index contributed by atoms with van der Waals surface area (Å²) in [5, 5.41) is 0. The minimum absolute atomic E-state index is 0.102. The second-order valence-corrected chi connectivity index (χ2v) is 5.05. The molecule has 0 heterocycles. The summed E-state index contributed by atoms with van der Waals surface area (Å²) in [5.41, 5.74) is 0.664. The van der Waals surface area contributed by atoms with E-state index in [1.807, 2.05) is 44.2 Å². The van der Waals surface area contributed by atoms with Gasteiger partial charge in [-0.05, 0) is 25.8 Å². The molecular weight excluding hydrogens is 212 g/mol. The van der Waals surface area contributed by atoms with Crippen LogP contribution in [-0.4, -0.2) is 5.97 Å². The van der Waals surface area contributed by atoms with Gasteiger partial charge in [-0.3, -0.25) is 4.79 Å². The number of esters is 1. The molecule has 1 aromatic carbocycles. The molecule has 2 nitrogen and oxygen atoms in total. The molecule has 0 saturated carbocycles. The fourth-order valence-electron chi connectivity index (χ4n) is 1.64. The van der Waals surface area contributed by atoms with E-state index in [1.54, 1.807) is 0 Å². The molecule has 0 saturated heterocycles. The molecule has 0 fully saturated rings. The van der Waals surface area contributed by atoms with Gasteiger partial charge in [0.2, 0.25) is 0 Å². The molecule has 0 radical (unpaired) electrons. The van der Waals surface area contributed by atoms with Crippen LogP contribution >= 0.6 is 0 Å². The lowest BCUT2D eigenvalue weighted by Gasteiger charge is -2.22. The molecule has 2 heteroatoms. The lowest BCUT2D eigenvalue weighted by molar-refractivity contribution is -0.155. The van der Waals surface area contributed by atoms with Gasteiger partial charge >= 0.3 is 5.97 Å². The van der Waals surface area contributed by atoms with Crippen molar-refractivity contribution in [3.63, 3.8) is 0 Å². The second kappa shape index (κ2) is 6.43. The Kier molecular flexibility index (Phi) is 5.20. The maximum absolute atomic E-state index is 11.9. The predicted molar refractivity (Wildman–Crippen MR) is 69.5 cm³/mol. The molecule has 0 aliphatic rings. The molecule has 1 aromatic rings. The predicted octanol–water partition coefficient (Wildman–Crippen LogP) is 3.95. The number of carbonyl (C=O) groups excluding carboxylic acids is 1. The minimum atomic E-state index is -0.370. The monoisotopic (exact) mass is 234 g/mol. The van der Waals surface area contributed by atoms with Crippen molar-refractivity contribution in [2.45, 2.75) is 46.6 Å².